The van der Waals surface area contributed by atoms with Crippen LogP contribution in [0.25, 0.3) is 16.9 Å². The van der Waals surface area contributed by atoms with Crippen molar-refractivity contribution in [3.05, 3.63) is 58.0 Å². The number of pyridine rings is 1. The van der Waals surface area contributed by atoms with Gasteiger partial charge in [0.1, 0.15) is 29.6 Å². The molecule has 3 N–H and O–H groups in total. The number of carboxylic acids is 1. The summed E-state index contributed by atoms with van der Waals surface area (Å²) in [5, 5.41) is 13.7. The molecule has 0 aliphatic heterocycles. The first-order valence-electron chi connectivity index (χ1n) is 7.37. The second-order valence-electron chi connectivity index (χ2n) is 5.51. The van der Waals surface area contributed by atoms with Crippen LogP contribution in [0.5, 0.6) is 0 Å². The molecule has 11 heteroatoms. The summed E-state index contributed by atoms with van der Waals surface area (Å²) >= 11 is 0. The average molecular weight is 399 g/mol. The van der Waals surface area contributed by atoms with E-state index in [1.54, 1.807) is 0 Å². The van der Waals surface area contributed by atoms with E-state index in [0.717, 1.165) is 18.2 Å². The minimum Gasteiger partial charge on any atom is -0.480 e. The number of hydrogen-bond acceptors (Lipinski definition) is 4. The number of benzene rings is 1. The summed E-state index contributed by atoms with van der Waals surface area (Å²) in [6, 6.07) is 2.53. The number of aromatic nitrogens is 3. The smallest absolute Gasteiger partial charge is 0.325 e. The van der Waals surface area contributed by atoms with Gasteiger partial charge in [0.15, 0.2) is 11.1 Å². The Labute approximate surface area is 156 Å². The molecule has 0 saturated heterocycles. The fourth-order valence-corrected chi connectivity index (χ4v) is 2.46. The van der Waals surface area contributed by atoms with Crippen molar-refractivity contribution in [2.75, 3.05) is 0 Å². The van der Waals surface area contributed by atoms with Gasteiger partial charge in [-0.05, 0) is 19.1 Å². The number of carbonyl (C=O) groups is 2. The molecule has 2 heterocycles. The molecule has 0 spiro atoms. The minimum atomic E-state index is -1.27. The number of aliphatic carboxylic acids is 1. The van der Waals surface area contributed by atoms with E-state index in [2.05, 4.69) is 15.4 Å². The lowest BCUT2D eigenvalue weighted by atomic mass is 10.1. The highest BCUT2D eigenvalue weighted by molar-refractivity contribution is 6.01. The number of halogens is 3. The van der Waals surface area contributed by atoms with Crippen molar-refractivity contribution in [1.29, 1.82) is 0 Å². The fourth-order valence-electron chi connectivity index (χ4n) is 2.46. The van der Waals surface area contributed by atoms with Gasteiger partial charge in [0, 0.05) is 17.7 Å². The molecular formula is C16H13ClF2N4O4. The number of fused-ring (bicyclic) bond motifs is 1. The number of H-pyrrole nitrogens is 1. The normalized spacial score (nSPS) is 11.7. The highest BCUT2D eigenvalue weighted by Crippen LogP contribution is 2.22. The van der Waals surface area contributed by atoms with Gasteiger partial charge >= 0.3 is 5.97 Å². The Morgan fingerprint density at radius 2 is 1.85 bits per heavy atom. The molecule has 27 heavy (non-hydrogen) atoms. The van der Waals surface area contributed by atoms with Crippen molar-refractivity contribution in [2.45, 2.75) is 13.0 Å². The maximum Gasteiger partial charge on any atom is 0.325 e. The van der Waals surface area contributed by atoms with Crippen LogP contribution in [0, 0.1) is 11.6 Å². The first kappa shape index (κ1) is 20.0. The number of amides is 1. The molecule has 8 nitrogen and oxygen atoms in total. The Kier molecular flexibility index (Phi) is 5.60. The Morgan fingerprint density at radius 3 is 2.44 bits per heavy atom. The van der Waals surface area contributed by atoms with Crippen LogP contribution in [0.4, 0.5) is 8.78 Å². The van der Waals surface area contributed by atoms with Crippen LogP contribution in [0.3, 0.4) is 0 Å². The fraction of sp³-hybridized carbons (Fsp3) is 0.125. The van der Waals surface area contributed by atoms with Gasteiger partial charge in [-0.15, -0.1) is 12.4 Å². The van der Waals surface area contributed by atoms with Gasteiger partial charge in [-0.3, -0.25) is 19.5 Å². The van der Waals surface area contributed by atoms with Crippen molar-refractivity contribution in [1.82, 2.24) is 19.9 Å². The number of nitrogens with zero attached hydrogens (tertiary/aromatic N) is 2. The quantitative estimate of drug-likeness (QED) is 0.617. The lowest BCUT2D eigenvalue weighted by Gasteiger charge is -2.11. The van der Waals surface area contributed by atoms with E-state index in [1.807, 2.05) is 0 Å². The van der Waals surface area contributed by atoms with Crippen LogP contribution in [0.15, 0.2) is 35.4 Å². The number of nitrogens with one attached hydrogen (secondary N) is 2. The topological polar surface area (TPSA) is 117 Å². The van der Waals surface area contributed by atoms with Crippen molar-refractivity contribution >= 4 is 29.9 Å². The average Bonchev–Trinajstić information content (AvgIpc) is 3.01. The minimum absolute atomic E-state index is 0. The predicted octanol–water partition coefficient (Wildman–Crippen LogP) is 1.59. The van der Waals surface area contributed by atoms with Crippen molar-refractivity contribution < 1.29 is 23.5 Å². The molecule has 3 aromatic rings. The van der Waals surface area contributed by atoms with E-state index in [1.165, 1.54) is 17.8 Å². The van der Waals surface area contributed by atoms with Crippen molar-refractivity contribution in [3.8, 4) is 11.3 Å². The molecule has 0 aliphatic rings. The molecule has 0 unspecified atom stereocenters. The molecule has 2 aromatic heterocycles. The Bertz CT molecular complexity index is 1080. The lowest BCUT2D eigenvalue weighted by molar-refractivity contribution is -0.138. The Morgan fingerprint density at radius 1 is 1.22 bits per heavy atom. The van der Waals surface area contributed by atoms with Gasteiger partial charge < -0.3 is 10.4 Å². The number of carbonyl (C=O) groups excluding carboxylic acids is 1. The van der Waals surface area contributed by atoms with E-state index in [9.17, 15) is 23.2 Å². The third-order valence-electron chi connectivity index (χ3n) is 3.67. The van der Waals surface area contributed by atoms with Gasteiger partial charge in [-0.2, -0.15) is 0 Å². The first-order chi connectivity index (χ1) is 12.3. The number of aromatic amines is 1. The number of rotatable bonds is 4. The maximum atomic E-state index is 13.5. The van der Waals surface area contributed by atoms with Gasteiger partial charge in [0.2, 0.25) is 0 Å². The Balaban J connectivity index is 0.00000261. The largest absolute Gasteiger partial charge is 0.480 e. The van der Waals surface area contributed by atoms with Gasteiger partial charge in [0.25, 0.3) is 5.91 Å². The molecule has 1 aromatic carbocycles. The van der Waals surface area contributed by atoms with Gasteiger partial charge in [-0.25, -0.2) is 18.3 Å². The third kappa shape index (κ3) is 3.80. The highest BCUT2D eigenvalue weighted by Gasteiger charge is 2.23. The van der Waals surface area contributed by atoms with Gasteiger partial charge in [-0.1, -0.05) is 0 Å². The van der Waals surface area contributed by atoms with Crippen molar-refractivity contribution in [2.24, 2.45) is 0 Å². The Hall–Kier alpha value is -3.27. The van der Waals surface area contributed by atoms with Crippen LogP contribution in [-0.2, 0) is 4.79 Å². The van der Waals surface area contributed by atoms with E-state index < -0.39 is 35.0 Å². The summed E-state index contributed by atoms with van der Waals surface area (Å²) < 4.78 is 28.2. The van der Waals surface area contributed by atoms with Crippen LogP contribution in [0.2, 0.25) is 0 Å². The highest BCUT2D eigenvalue weighted by atomic mass is 35.5. The van der Waals surface area contributed by atoms with Gasteiger partial charge in [0.05, 0.1) is 5.69 Å². The van der Waals surface area contributed by atoms with Crippen LogP contribution in [-0.4, -0.2) is 37.6 Å². The zero-order valence-electron chi connectivity index (χ0n) is 13.7. The molecule has 0 aliphatic carbocycles. The van der Waals surface area contributed by atoms with Crippen LogP contribution < -0.4 is 10.7 Å². The summed E-state index contributed by atoms with van der Waals surface area (Å²) in [7, 11) is 0. The monoisotopic (exact) mass is 398 g/mol. The second kappa shape index (κ2) is 7.54. The molecule has 0 fully saturated rings. The SMILES string of the molecule is C[C@@H](NC(=O)c1c(=O)cc(-c2cc(F)cc(F)c2)n2[nH]cnc12)C(=O)O.Cl. The first-order valence-corrected chi connectivity index (χ1v) is 7.37. The van der Waals surface area contributed by atoms with Crippen LogP contribution >= 0.6 is 12.4 Å². The maximum absolute atomic E-state index is 13.5. The van der Waals surface area contributed by atoms with E-state index in [4.69, 9.17) is 5.11 Å². The standard InChI is InChI=1S/C16H12F2N4O4.ClH/c1-7(16(25)26)21-15(24)13-12(23)5-11(22-14(13)19-6-20-22)8-2-9(17)4-10(18)3-8;/h2-7H,1H3,(H,19,20)(H,21,24)(H,25,26);1H/t7-;/m1./s1. The summed E-state index contributed by atoms with van der Waals surface area (Å²) in [5.74, 6) is -3.87. The zero-order chi connectivity index (χ0) is 19.0. The summed E-state index contributed by atoms with van der Waals surface area (Å²) in [5.41, 5.74) is -1.12. The van der Waals surface area contributed by atoms with Crippen LogP contribution in [0.1, 0.15) is 17.3 Å². The molecule has 1 amide bonds. The molecule has 0 radical (unpaired) electrons. The van der Waals surface area contributed by atoms with E-state index in [0.29, 0.717) is 6.07 Å². The summed E-state index contributed by atoms with van der Waals surface area (Å²) in [4.78, 5) is 39.5. The molecule has 1 atom stereocenters. The van der Waals surface area contributed by atoms with E-state index in [-0.39, 0.29) is 34.9 Å². The predicted molar refractivity (Wildman–Crippen MR) is 93.0 cm³/mol. The summed E-state index contributed by atoms with van der Waals surface area (Å²) in [6.07, 6.45) is 1.19. The molecule has 0 saturated carbocycles. The zero-order valence-corrected chi connectivity index (χ0v) is 14.5. The number of hydrogen-bond donors (Lipinski definition) is 3. The third-order valence-corrected chi connectivity index (χ3v) is 3.67. The van der Waals surface area contributed by atoms with Crippen molar-refractivity contribution in [3.63, 3.8) is 0 Å². The number of carboxylic acid groups (broad SMARTS) is 1. The molecule has 0 bridgehead atoms. The molecule has 142 valence electrons. The molecule has 3 rings (SSSR count). The molecular weight excluding hydrogens is 386 g/mol. The second-order valence-corrected chi connectivity index (χ2v) is 5.51. The van der Waals surface area contributed by atoms with E-state index >= 15 is 0 Å². The lowest BCUT2D eigenvalue weighted by Crippen LogP contribution is -2.40. The summed E-state index contributed by atoms with van der Waals surface area (Å²) in [6.45, 7) is 1.24.